The van der Waals surface area contributed by atoms with Gasteiger partial charge in [-0.15, -0.1) is 11.3 Å². The van der Waals surface area contributed by atoms with Gasteiger partial charge in [0, 0.05) is 30.8 Å². The number of morpholine rings is 1. The van der Waals surface area contributed by atoms with Crippen LogP contribution >= 0.6 is 11.3 Å². The van der Waals surface area contributed by atoms with Gasteiger partial charge in [-0.25, -0.2) is 0 Å². The maximum Gasteiger partial charge on any atom is 0.262 e. The first-order valence-corrected chi connectivity index (χ1v) is 14.7. The fourth-order valence-electron chi connectivity index (χ4n) is 5.19. The third-order valence-electron chi connectivity index (χ3n) is 7.49. The zero-order chi connectivity index (χ0) is 27.8. The van der Waals surface area contributed by atoms with Crippen LogP contribution in [0.1, 0.15) is 34.5 Å². The summed E-state index contributed by atoms with van der Waals surface area (Å²) in [6, 6.07) is 18.6. The highest BCUT2D eigenvalue weighted by molar-refractivity contribution is 7.20. The third-order valence-corrected chi connectivity index (χ3v) is 8.61. The molecule has 2 aliphatic rings. The zero-order valence-electron chi connectivity index (χ0n) is 22.6. The van der Waals surface area contributed by atoms with E-state index < -0.39 is 11.6 Å². The number of amides is 3. The lowest BCUT2D eigenvalue weighted by Gasteiger charge is -2.31. The number of ether oxygens (including phenoxy) is 1. The van der Waals surface area contributed by atoms with E-state index in [2.05, 4.69) is 20.9 Å². The third kappa shape index (κ3) is 6.96. The monoisotopic (exact) mass is 560 g/mol. The summed E-state index contributed by atoms with van der Waals surface area (Å²) in [7, 11) is 0. The Morgan fingerprint density at radius 2 is 1.70 bits per heavy atom. The fraction of sp³-hybridized carbons (Fsp3) is 0.387. The van der Waals surface area contributed by atoms with E-state index in [0.717, 1.165) is 54.9 Å². The molecule has 0 radical (unpaired) electrons. The molecular formula is C31H36N4O4S. The Bertz CT molecular complexity index is 1310. The highest BCUT2D eigenvalue weighted by Crippen LogP contribution is 2.29. The molecule has 8 nitrogen and oxygen atoms in total. The van der Waals surface area contributed by atoms with Gasteiger partial charge < -0.3 is 20.7 Å². The summed E-state index contributed by atoms with van der Waals surface area (Å²) in [5.41, 5.74) is -0.192. The first kappa shape index (κ1) is 28.0. The number of benzene rings is 2. The van der Waals surface area contributed by atoms with Crippen LogP contribution in [0.2, 0.25) is 0 Å². The van der Waals surface area contributed by atoms with Crippen LogP contribution < -0.4 is 16.0 Å². The number of carbonyl (C=O) groups is 3. The van der Waals surface area contributed by atoms with Crippen molar-refractivity contribution in [3.8, 4) is 0 Å². The Morgan fingerprint density at radius 3 is 2.45 bits per heavy atom. The van der Waals surface area contributed by atoms with Crippen molar-refractivity contribution >= 4 is 39.1 Å². The Balaban J connectivity index is 1.25. The molecule has 2 aromatic carbocycles. The molecule has 1 fully saturated rings. The average molecular weight is 561 g/mol. The molecule has 3 aromatic rings. The minimum atomic E-state index is -1.14. The molecule has 0 unspecified atom stereocenters. The Kier molecular flexibility index (Phi) is 9.26. The van der Waals surface area contributed by atoms with Gasteiger partial charge in [0.2, 0.25) is 11.8 Å². The zero-order valence-corrected chi connectivity index (χ0v) is 23.4. The number of hydrogen-bond acceptors (Lipinski definition) is 6. The van der Waals surface area contributed by atoms with Gasteiger partial charge in [-0.05, 0) is 48.9 Å². The summed E-state index contributed by atoms with van der Waals surface area (Å²) < 4.78 is 6.42. The summed E-state index contributed by atoms with van der Waals surface area (Å²) in [6.07, 6.45) is 5.72. The first-order chi connectivity index (χ1) is 19.5. The molecule has 210 valence electrons. The molecule has 0 bridgehead atoms. The van der Waals surface area contributed by atoms with E-state index in [1.165, 1.54) is 11.3 Å². The van der Waals surface area contributed by atoms with Crippen LogP contribution in [0.25, 0.3) is 10.1 Å². The van der Waals surface area contributed by atoms with Crippen LogP contribution in [-0.2, 0) is 20.7 Å². The van der Waals surface area contributed by atoms with E-state index in [1.54, 1.807) is 0 Å². The normalized spacial score (nSPS) is 17.4. The van der Waals surface area contributed by atoms with Crippen molar-refractivity contribution in [3.63, 3.8) is 0 Å². The topological polar surface area (TPSA) is 99.8 Å². The standard InChI is InChI=1S/C31H36N4O4S/c36-28(32-15-8-16-35-17-19-39-20-18-35)25(21-23-9-2-1-3-10-23)33-30(38)31(13-6-7-14-31)34-29(37)27-22-24-11-4-5-12-26(24)40-27/h1-7,9-12,22,25H,8,13-21H2,(H,32,36)(H,33,38)(H,34,37)/t25-/m1/s1. The van der Waals surface area contributed by atoms with Crippen molar-refractivity contribution in [3.05, 3.63) is 83.3 Å². The van der Waals surface area contributed by atoms with Gasteiger partial charge in [0.25, 0.3) is 5.91 Å². The molecule has 1 atom stereocenters. The van der Waals surface area contributed by atoms with Gasteiger partial charge >= 0.3 is 0 Å². The molecule has 5 rings (SSSR count). The highest BCUT2D eigenvalue weighted by Gasteiger charge is 2.42. The number of rotatable bonds is 11. The molecule has 0 spiro atoms. The second kappa shape index (κ2) is 13.2. The largest absolute Gasteiger partial charge is 0.379 e. The molecule has 2 heterocycles. The molecule has 40 heavy (non-hydrogen) atoms. The van der Waals surface area contributed by atoms with E-state index in [0.29, 0.717) is 30.7 Å². The second-order valence-corrected chi connectivity index (χ2v) is 11.5. The van der Waals surface area contributed by atoms with E-state index in [1.807, 2.05) is 72.8 Å². The number of thiophene rings is 1. The van der Waals surface area contributed by atoms with Gasteiger partial charge in [-0.2, -0.15) is 0 Å². The van der Waals surface area contributed by atoms with Crippen molar-refractivity contribution < 1.29 is 19.1 Å². The quantitative estimate of drug-likeness (QED) is 0.247. The Labute approximate surface area is 238 Å². The summed E-state index contributed by atoms with van der Waals surface area (Å²) in [4.78, 5) is 43.3. The number of hydrogen-bond donors (Lipinski definition) is 3. The predicted molar refractivity (Wildman–Crippen MR) is 157 cm³/mol. The molecule has 3 amide bonds. The van der Waals surface area contributed by atoms with Gasteiger partial charge in [-0.1, -0.05) is 60.7 Å². The predicted octanol–water partition coefficient (Wildman–Crippen LogP) is 3.29. The lowest BCUT2D eigenvalue weighted by molar-refractivity contribution is -0.132. The van der Waals surface area contributed by atoms with E-state index in [4.69, 9.17) is 4.74 Å². The lowest BCUT2D eigenvalue weighted by Crippen LogP contribution is -2.61. The highest BCUT2D eigenvalue weighted by atomic mass is 32.1. The smallest absolute Gasteiger partial charge is 0.262 e. The van der Waals surface area contributed by atoms with Crippen molar-refractivity contribution in [2.75, 3.05) is 39.4 Å². The molecule has 1 aromatic heterocycles. The molecule has 1 aliphatic carbocycles. The minimum absolute atomic E-state index is 0.226. The van der Waals surface area contributed by atoms with Gasteiger partial charge in [0.05, 0.1) is 18.1 Å². The van der Waals surface area contributed by atoms with Gasteiger partial charge in [0.15, 0.2) is 0 Å². The van der Waals surface area contributed by atoms with E-state index in [9.17, 15) is 14.4 Å². The van der Waals surface area contributed by atoms with E-state index >= 15 is 0 Å². The molecular weight excluding hydrogens is 524 g/mol. The number of carbonyl (C=O) groups excluding carboxylic acids is 3. The number of nitrogens with one attached hydrogen (secondary N) is 3. The van der Waals surface area contributed by atoms with Crippen LogP contribution in [0.15, 0.2) is 72.8 Å². The van der Waals surface area contributed by atoms with Gasteiger partial charge in [0.1, 0.15) is 11.6 Å². The molecule has 1 aliphatic heterocycles. The first-order valence-electron chi connectivity index (χ1n) is 13.9. The maximum atomic E-state index is 13.8. The second-order valence-electron chi connectivity index (χ2n) is 10.4. The van der Waals surface area contributed by atoms with Crippen LogP contribution in [0, 0.1) is 0 Å². The summed E-state index contributed by atoms with van der Waals surface area (Å²) in [5.74, 6) is -0.861. The van der Waals surface area contributed by atoms with E-state index in [-0.39, 0.29) is 17.7 Å². The van der Waals surface area contributed by atoms with Crippen LogP contribution in [-0.4, -0.2) is 73.6 Å². The summed E-state index contributed by atoms with van der Waals surface area (Å²) in [6.45, 7) is 4.71. The van der Waals surface area contributed by atoms with Crippen LogP contribution in [0.3, 0.4) is 0 Å². The molecule has 1 saturated heterocycles. The maximum absolute atomic E-state index is 13.8. The molecule has 3 N–H and O–H groups in total. The SMILES string of the molecule is O=C(NC1(C(=O)N[C@H](Cc2ccccc2)C(=O)NCCCN2CCOCC2)CC=CC1)c1cc2ccccc2s1. The molecule has 9 heteroatoms. The van der Waals surface area contributed by atoms with Crippen LogP contribution in [0.4, 0.5) is 0 Å². The fourth-order valence-corrected chi connectivity index (χ4v) is 6.14. The summed E-state index contributed by atoms with van der Waals surface area (Å²) >= 11 is 1.40. The number of fused-ring (bicyclic) bond motifs is 1. The average Bonchev–Trinajstić information content (AvgIpc) is 3.64. The van der Waals surface area contributed by atoms with Crippen LogP contribution in [0.5, 0.6) is 0 Å². The van der Waals surface area contributed by atoms with Gasteiger partial charge in [-0.3, -0.25) is 19.3 Å². The Hall–Kier alpha value is -3.53. The van der Waals surface area contributed by atoms with Crippen molar-refractivity contribution in [1.82, 2.24) is 20.9 Å². The number of nitrogens with zero attached hydrogens (tertiary/aromatic N) is 1. The summed E-state index contributed by atoms with van der Waals surface area (Å²) in [5, 5.41) is 10.0. The lowest BCUT2D eigenvalue weighted by atomic mass is 9.93. The van der Waals surface area contributed by atoms with Crippen molar-refractivity contribution in [2.24, 2.45) is 0 Å². The Morgan fingerprint density at radius 1 is 0.975 bits per heavy atom. The molecule has 0 saturated carbocycles. The van der Waals surface area contributed by atoms with Crippen molar-refractivity contribution in [2.45, 2.75) is 37.3 Å². The minimum Gasteiger partial charge on any atom is -0.379 e. The van der Waals surface area contributed by atoms with Crippen molar-refractivity contribution in [1.29, 1.82) is 0 Å².